The first-order chi connectivity index (χ1) is 17.9. The highest BCUT2D eigenvalue weighted by Gasteiger charge is 2.37. The summed E-state index contributed by atoms with van der Waals surface area (Å²) in [5.41, 5.74) is 0.657. The summed E-state index contributed by atoms with van der Waals surface area (Å²) in [5.74, 6) is 0.845. The third-order valence-corrected chi connectivity index (χ3v) is 8.78. The summed E-state index contributed by atoms with van der Waals surface area (Å²) in [6.45, 7) is 2.68. The zero-order valence-corrected chi connectivity index (χ0v) is 22.7. The van der Waals surface area contributed by atoms with Crippen molar-refractivity contribution < 1.29 is 19.0 Å². The molecular weight excluding hydrogens is 511 g/mol. The lowest BCUT2D eigenvalue weighted by atomic mass is 9.71. The van der Waals surface area contributed by atoms with Crippen molar-refractivity contribution in [2.45, 2.75) is 49.6 Å². The first-order valence-corrected chi connectivity index (χ1v) is 14.1. The molecule has 1 aromatic heterocycles. The Labute approximate surface area is 227 Å². The largest absolute Gasteiger partial charge is 0.497 e. The maximum absolute atomic E-state index is 15.7. The molecule has 2 heterocycles. The molecule has 8 heteroatoms. The number of carboxylic acid groups (broad SMARTS) is 1. The van der Waals surface area contributed by atoms with E-state index in [1.54, 1.807) is 25.3 Å². The SMILES string of the molecule is COc1ccc2ncc(Cl)c([C@@H](F)CCC3(CC(=O)O)CCN(CCCSc4ccccc4)CC3)c2c1. The average Bonchev–Trinajstić information content (AvgIpc) is 2.90. The lowest BCUT2D eigenvalue weighted by Gasteiger charge is -2.41. The monoisotopic (exact) mass is 544 g/mol. The number of hydrogen-bond donors (Lipinski definition) is 1. The fourth-order valence-corrected chi connectivity index (χ4v) is 6.40. The quantitative estimate of drug-likeness (QED) is 0.189. The Hall–Kier alpha value is -2.35. The van der Waals surface area contributed by atoms with E-state index in [0.29, 0.717) is 28.6 Å². The lowest BCUT2D eigenvalue weighted by molar-refractivity contribution is -0.141. The van der Waals surface area contributed by atoms with Crippen LogP contribution in [0.5, 0.6) is 5.75 Å². The normalized spacial score (nSPS) is 16.5. The van der Waals surface area contributed by atoms with Crippen molar-refractivity contribution in [1.29, 1.82) is 0 Å². The molecule has 0 aliphatic carbocycles. The molecule has 4 rings (SSSR count). The Morgan fingerprint density at radius 3 is 2.70 bits per heavy atom. The molecule has 37 heavy (non-hydrogen) atoms. The number of carboxylic acids is 1. The topological polar surface area (TPSA) is 62.7 Å². The number of thioether (sulfide) groups is 1. The van der Waals surface area contributed by atoms with Gasteiger partial charge in [0.2, 0.25) is 0 Å². The van der Waals surface area contributed by atoms with Crippen LogP contribution in [0.4, 0.5) is 4.39 Å². The van der Waals surface area contributed by atoms with Crippen LogP contribution in [0, 0.1) is 5.41 Å². The standard InChI is InChI=1S/C29H34ClFN2O3S/c1-36-21-8-9-26-23(18-21)28(24(30)20-32-26)25(31)10-11-29(19-27(34)35)12-15-33(16-13-29)14-5-17-37-22-6-3-2-4-7-22/h2-4,6-9,18,20,25H,5,10-17,19H2,1H3,(H,34,35)/t25-/m0/s1. The second kappa shape index (κ2) is 12.9. The molecule has 0 unspecified atom stereocenters. The van der Waals surface area contributed by atoms with Gasteiger partial charge in [0.25, 0.3) is 0 Å². The molecule has 3 aromatic rings. The van der Waals surface area contributed by atoms with Crippen molar-refractivity contribution in [2.75, 3.05) is 32.5 Å². The molecule has 1 saturated heterocycles. The second-order valence-electron chi connectivity index (χ2n) is 9.84. The number of hydrogen-bond acceptors (Lipinski definition) is 5. The Morgan fingerprint density at radius 2 is 2.00 bits per heavy atom. The van der Waals surface area contributed by atoms with Crippen molar-refractivity contribution in [1.82, 2.24) is 9.88 Å². The second-order valence-corrected chi connectivity index (χ2v) is 11.4. The van der Waals surface area contributed by atoms with E-state index < -0.39 is 17.6 Å². The molecule has 0 spiro atoms. The number of fused-ring (bicyclic) bond motifs is 1. The molecule has 0 radical (unpaired) electrons. The van der Waals surface area contributed by atoms with Crippen LogP contribution in [0.1, 0.15) is 50.3 Å². The van der Waals surface area contributed by atoms with Gasteiger partial charge in [-0.2, -0.15) is 0 Å². The fraction of sp³-hybridized carbons (Fsp3) is 0.448. The Bertz CT molecular complexity index is 1190. The van der Waals surface area contributed by atoms with Crippen LogP contribution in [0.25, 0.3) is 10.9 Å². The van der Waals surface area contributed by atoms with Crippen LogP contribution in [0.15, 0.2) is 59.6 Å². The minimum Gasteiger partial charge on any atom is -0.497 e. The zero-order valence-electron chi connectivity index (χ0n) is 21.2. The number of piperidine rings is 1. The van der Waals surface area contributed by atoms with E-state index in [9.17, 15) is 9.90 Å². The summed E-state index contributed by atoms with van der Waals surface area (Å²) < 4.78 is 21.0. The van der Waals surface area contributed by atoms with Crippen LogP contribution < -0.4 is 4.74 Å². The first kappa shape index (κ1) is 27.7. The number of methoxy groups -OCH3 is 1. The van der Waals surface area contributed by atoms with Gasteiger partial charge in [0, 0.05) is 22.0 Å². The van der Waals surface area contributed by atoms with E-state index in [4.69, 9.17) is 16.3 Å². The minimum atomic E-state index is -1.32. The molecule has 5 nitrogen and oxygen atoms in total. The van der Waals surface area contributed by atoms with Gasteiger partial charge in [-0.25, -0.2) is 4.39 Å². The number of ether oxygens (including phenoxy) is 1. The van der Waals surface area contributed by atoms with Crippen molar-refractivity contribution in [2.24, 2.45) is 5.41 Å². The number of carbonyl (C=O) groups is 1. The molecule has 1 fully saturated rings. The van der Waals surface area contributed by atoms with Gasteiger partial charge < -0.3 is 14.7 Å². The van der Waals surface area contributed by atoms with Crippen molar-refractivity contribution in [3.63, 3.8) is 0 Å². The van der Waals surface area contributed by atoms with Crippen LogP contribution in [-0.2, 0) is 4.79 Å². The van der Waals surface area contributed by atoms with E-state index in [-0.39, 0.29) is 17.9 Å². The predicted octanol–water partition coefficient (Wildman–Crippen LogP) is 7.43. The van der Waals surface area contributed by atoms with Gasteiger partial charge in [-0.05, 0) is 93.2 Å². The molecule has 2 aromatic carbocycles. The number of aromatic nitrogens is 1. The third kappa shape index (κ3) is 7.37. The van der Waals surface area contributed by atoms with Crippen molar-refractivity contribution in [3.8, 4) is 5.75 Å². The Balaban J connectivity index is 1.35. The summed E-state index contributed by atoms with van der Waals surface area (Å²) in [6, 6.07) is 15.7. The number of likely N-dealkylation sites (tertiary alicyclic amines) is 1. The maximum atomic E-state index is 15.7. The smallest absolute Gasteiger partial charge is 0.303 e. The highest BCUT2D eigenvalue weighted by Crippen LogP contribution is 2.44. The summed E-state index contributed by atoms with van der Waals surface area (Å²) in [4.78, 5) is 19.8. The number of pyridine rings is 1. The van der Waals surface area contributed by atoms with Gasteiger partial charge in [0.15, 0.2) is 0 Å². The first-order valence-electron chi connectivity index (χ1n) is 12.8. The molecular formula is C29H34ClFN2O3S. The van der Waals surface area contributed by atoms with Crippen molar-refractivity contribution in [3.05, 3.63) is 65.3 Å². The number of nitrogens with zero attached hydrogens (tertiary/aromatic N) is 2. The van der Waals surface area contributed by atoms with Crippen LogP contribution >= 0.6 is 23.4 Å². The van der Waals surface area contributed by atoms with Crippen molar-refractivity contribution >= 4 is 40.2 Å². The number of aliphatic carboxylic acids is 1. The van der Waals surface area contributed by atoms with E-state index in [0.717, 1.165) is 44.6 Å². The fourth-order valence-electron chi connectivity index (χ4n) is 5.27. The van der Waals surface area contributed by atoms with Gasteiger partial charge in [-0.3, -0.25) is 9.78 Å². The van der Waals surface area contributed by atoms with Gasteiger partial charge in [-0.15, -0.1) is 11.8 Å². The van der Waals surface area contributed by atoms with E-state index in [1.165, 1.54) is 11.1 Å². The molecule has 1 atom stereocenters. The highest BCUT2D eigenvalue weighted by molar-refractivity contribution is 7.99. The molecule has 1 aliphatic rings. The summed E-state index contributed by atoms with van der Waals surface area (Å²) >= 11 is 8.27. The van der Waals surface area contributed by atoms with Gasteiger partial charge >= 0.3 is 5.97 Å². The average molecular weight is 545 g/mol. The van der Waals surface area contributed by atoms with Gasteiger partial charge in [-0.1, -0.05) is 29.8 Å². The molecule has 0 bridgehead atoms. The van der Waals surface area contributed by atoms with Crippen LogP contribution in [0.2, 0.25) is 5.02 Å². The summed E-state index contributed by atoms with van der Waals surface area (Å²) in [7, 11) is 1.57. The summed E-state index contributed by atoms with van der Waals surface area (Å²) in [6.07, 6.45) is 3.56. The zero-order chi connectivity index (χ0) is 26.3. The minimum absolute atomic E-state index is 0.0655. The predicted molar refractivity (Wildman–Crippen MR) is 149 cm³/mol. The Kier molecular flexibility index (Phi) is 9.68. The molecule has 1 N–H and O–H groups in total. The van der Waals surface area contributed by atoms with Crippen LogP contribution in [0.3, 0.4) is 0 Å². The van der Waals surface area contributed by atoms with E-state index in [1.807, 2.05) is 17.8 Å². The molecule has 0 saturated carbocycles. The van der Waals surface area contributed by atoms with E-state index >= 15 is 4.39 Å². The number of benzene rings is 2. The third-order valence-electron chi connectivity index (χ3n) is 7.38. The maximum Gasteiger partial charge on any atom is 0.303 e. The molecule has 1 aliphatic heterocycles. The molecule has 0 amide bonds. The lowest BCUT2D eigenvalue weighted by Crippen LogP contribution is -2.41. The highest BCUT2D eigenvalue weighted by atomic mass is 35.5. The van der Waals surface area contributed by atoms with E-state index in [2.05, 4.69) is 34.1 Å². The number of halogens is 2. The van der Waals surface area contributed by atoms with Gasteiger partial charge in [0.1, 0.15) is 11.9 Å². The number of alkyl halides is 1. The Morgan fingerprint density at radius 1 is 1.24 bits per heavy atom. The van der Waals surface area contributed by atoms with Gasteiger partial charge in [0.05, 0.1) is 24.1 Å². The summed E-state index contributed by atoms with van der Waals surface area (Å²) in [5, 5.41) is 10.6. The van der Waals surface area contributed by atoms with Crippen LogP contribution in [-0.4, -0.2) is 53.5 Å². The molecule has 198 valence electrons. The number of rotatable bonds is 12.